The summed E-state index contributed by atoms with van der Waals surface area (Å²) in [5, 5.41) is 0.577. The molecule has 2 aliphatic heterocycles. The third kappa shape index (κ3) is 4.37. The van der Waals surface area contributed by atoms with Crippen molar-refractivity contribution in [1.82, 2.24) is 19.1 Å². The van der Waals surface area contributed by atoms with Gasteiger partial charge in [-0.15, -0.1) is 0 Å². The summed E-state index contributed by atoms with van der Waals surface area (Å²) in [7, 11) is -1.07. The van der Waals surface area contributed by atoms with Gasteiger partial charge in [-0.1, -0.05) is 6.58 Å². The Morgan fingerprint density at radius 2 is 1.72 bits per heavy atom. The van der Waals surface area contributed by atoms with Gasteiger partial charge in [0.05, 0.1) is 27.8 Å². The third-order valence-corrected chi connectivity index (χ3v) is 7.10. The number of aromatic nitrogens is 1. The summed E-state index contributed by atoms with van der Waals surface area (Å²) in [5.74, 6) is -0.702. The first kappa shape index (κ1) is 22.3. The van der Waals surface area contributed by atoms with Crippen molar-refractivity contribution in [2.75, 3.05) is 63.5 Å². The quantitative estimate of drug-likeness (QED) is 0.644. The number of halogens is 1. The lowest BCUT2D eigenvalue weighted by Crippen LogP contribution is -2.50. The number of hydrogen-bond acceptors (Lipinski definition) is 5. The second-order valence-electron chi connectivity index (χ2n) is 7.84. The van der Waals surface area contributed by atoms with Gasteiger partial charge in [-0.3, -0.25) is 14.6 Å². The average molecular weight is 460 g/mol. The Morgan fingerprint density at radius 3 is 2.34 bits per heavy atom. The molecule has 4 rings (SSSR count). The molecule has 8 nitrogen and oxygen atoms in total. The Hall–Kier alpha value is -2.85. The number of benzene rings is 1. The van der Waals surface area contributed by atoms with Crippen LogP contribution in [0.1, 0.15) is 10.4 Å². The Balaban J connectivity index is 1.67. The molecule has 10 heteroatoms. The van der Waals surface area contributed by atoms with Gasteiger partial charge in [-0.25, -0.2) is 12.9 Å². The fourth-order valence-electron chi connectivity index (χ4n) is 4.25. The maximum absolute atomic E-state index is 14.2. The minimum absolute atomic E-state index is 0.127. The smallest absolute Gasteiger partial charge is 0.257 e. The van der Waals surface area contributed by atoms with Gasteiger partial charge in [0, 0.05) is 70.2 Å². The molecule has 2 aromatic rings. The minimum atomic E-state index is -1.07. The number of carbonyl (C=O) groups is 2. The monoisotopic (exact) mass is 459 g/mol. The molecule has 0 aliphatic carbocycles. The third-order valence-electron chi connectivity index (χ3n) is 6.00. The fraction of sp³-hybridized carbons (Fsp3) is 0.409. The number of nitrogens with zero attached hydrogens (tertiary/aromatic N) is 5. The van der Waals surface area contributed by atoms with Crippen LogP contribution in [0, 0.1) is 5.82 Å². The van der Waals surface area contributed by atoms with Crippen LogP contribution in [0.2, 0.25) is 0 Å². The molecule has 170 valence electrons. The summed E-state index contributed by atoms with van der Waals surface area (Å²) in [4.78, 5) is 35.3. The van der Waals surface area contributed by atoms with Gasteiger partial charge in [-0.05, 0) is 24.3 Å². The Bertz CT molecular complexity index is 1080. The number of hydrogen-bond donors (Lipinski definition) is 0. The molecule has 1 aromatic heterocycles. The highest BCUT2D eigenvalue weighted by Crippen LogP contribution is 2.32. The molecule has 1 atom stereocenters. The van der Waals surface area contributed by atoms with Crippen molar-refractivity contribution in [1.29, 1.82) is 0 Å². The molecule has 0 spiro atoms. The van der Waals surface area contributed by atoms with Gasteiger partial charge < -0.3 is 14.7 Å². The van der Waals surface area contributed by atoms with Gasteiger partial charge in [0.1, 0.15) is 5.82 Å². The van der Waals surface area contributed by atoms with E-state index in [9.17, 15) is 18.2 Å². The lowest BCUT2D eigenvalue weighted by atomic mass is 10.1. The van der Waals surface area contributed by atoms with E-state index in [1.165, 1.54) is 18.2 Å². The Morgan fingerprint density at radius 1 is 1.06 bits per heavy atom. The number of piperazine rings is 2. The predicted octanol–water partition coefficient (Wildman–Crippen LogP) is 1.26. The van der Waals surface area contributed by atoms with E-state index < -0.39 is 16.8 Å². The van der Waals surface area contributed by atoms with E-state index in [1.54, 1.807) is 28.3 Å². The van der Waals surface area contributed by atoms with Gasteiger partial charge >= 0.3 is 0 Å². The molecule has 2 saturated heterocycles. The Labute approximate surface area is 188 Å². The maximum Gasteiger partial charge on any atom is 0.257 e. The largest absolute Gasteiger partial charge is 0.367 e. The number of pyridine rings is 1. The molecule has 2 amide bonds. The average Bonchev–Trinajstić information content (AvgIpc) is 2.82. The summed E-state index contributed by atoms with van der Waals surface area (Å²) in [6.07, 6.45) is 4.49. The fourth-order valence-corrected chi connectivity index (χ4v) is 4.92. The molecule has 1 aromatic carbocycles. The zero-order chi connectivity index (χ0) is 22.8. The standard InChI is InChI=1S/C22H26FN5O3S/c1-3-20(29)25-6-8-26(9-7-25)21-17-14-16(23)4-5-19(17)24-15-18(21)22(30)27-10-12-28(13-11-27)32(2)31/h3-5,14-15H,1,6-13H2,2H3. The molecule has 3 heterocycles. The molecular weight excluding hydrogens is 433 g/mol. The zero-order valence-electron chi connectivity index (χ0n) is 18.0. The van der Waals surface area contributed by atoms with E-state index in [1.807, 2.05) is 9.21 Å². The highest BCUT2D eigenvalue weighted by atomic mass is 32.2. The lowest BCUT2D eigenvalue weighted by Gasteiger charge is -2.38. The van der Waals surface area contributed by atoms with E-state index in [0.717, 1.165) is 0 Å². The minimum Gasteiger partial charge on any atom is -0.367 e. The number of fused-ring (bicyclic) bond motifs is 1. The van der Waals surface area contributed by atoms with E-state index in [2.05, 4.69) is 11.6 Å². The lowest BCUT2D eigenvalue weighted by molar-refractivity contribution is -0.126. The van der Waals surface area contributed by atoms with Crippen LogP contribution in [0.4, 0.5) is 10.1 Å². The summed E-state index contributed by atoms with van der Waals surface area (Å²) < 4.78 is 27.7. The Kier molecular flexibility index (Phi) is 6.52. The summed E-state index contributed by atoms with van der Waals surface area (Å²) in [6, 6.07) is 4.37. The molecule has 2 aliphatic rings. The second kappa shape index (κ2) is 9.33. The first-order chi connectivity index (χ1) is 15.4. The van der Waals surface area contributed by atoms with Crippen LogP contribution in [0.3, 0.4) is 0 Å². The highest BCUT2D eigenvalue weighted by molar-refractivity contribution is 7.81. The van der Waals surface area contributed by atoms with Gasteiger partial charge in [0.2, 0.25) is 5.91 Å². The van der Waals surface area contributed by atoms with Crippen LogP contribution in [-0.4, -0.2) is 93.7 Å². The van der Waals surface area contributed by atoms with Crippen LogP contribution < -0.4 is 4.90 Å². The number of anilines is 1. The molecule has 0 N–H and O–H groups in total. The molecule has 1 unspecified atom stereocenters. The first-order valence-corrected chi connectivity index (χ1v) is 12.0. The van der Waals surface area contributed by atoms with E-state index >= 15 is 0 Å². The van der Waals surface area contributed by atoms with E-state index in [-0.39, 0.29) is 11.8 Å². The normalized spacial score (nSPS) is 18.6. The van der Waals surface area contributed by atoms with Crippen molar-refractivity contribution < 1.29 is 18.2 Å². The van der Waals surface area contributed by atoms with Gasteiger partial charge in [-0.2, -0.15) is 0 Å². The number of carbonyl (C=O) groups excluding carboxylic acids is 2. The van der Waals surface area contributed by atoms with Crippen LogP contribution in [0.15, 0.2) is 37.1 Å². The van der Waals surface area contributed by atoms with Crippen LogP contribution in [-0.2, 0) is 15.8 Å². The SMILES string of the molecule is C=CC(=O)N1CCN(c2c(C(=O)N3CCN(S(C)=O)CC3)cnc3ccc(F)cc23)CC1. The molecule has 0 radical (unpaired) electrons. The van der Waals surface area contributed by atoms with Gasteiger partial charge in [0.15, 0.2) is 0 Å². The van der Waals surface area contributed by atoms with Crippen LogP contribution >= 0.6 is 0 Å². The molecule has 32 heavy (non-hydrogen) atoms. The van der Waals surface area contributed by atoms with Crippen molar-refractivity contribution in [3.05, 3.63) is 48.4 Å². The highest BCUT2D eigenvalue weighted by Gasteiger charge is 2.29. The number of rotatable bonds is 4. The summed E-state index contributed by atoms with van der Waals surface area (Å²) in [5.41, 5.74) is 1.66. The van der Waals surface area contributed by atoms with Crippen molar-refractivity contribution in [3.8, 4) is 0 Å². The topological polar surface area (TPSA) is 77.1 Å². The first-order valence-electron chi connectivity index (χ1n) is 10.5. The zero-order valence-corrected chi connectivity index (χ0v) is 18.8. The van der Waals surface area contributed by atoms with Crippen molar-refractivity contribution in [2.45, 2.75) is 0 Å². The maximum atomic E-state index is 14.2. The van der Waals surface area contributed by atoms with Crippen LogP contribution in [0.5, 0.6) is 0 Å². The molecule has 0 saturated carbocycles. The van der Waals surface area contributed by atoms with E-state index in [4.69, 9.17) is 0 Å². The molecule has 0 bridgehead atoms. The second-order valence-corrected chi connectivity index (χ2v) is 9.21. The molecular formula is C22H26FN5O3S. The summed E-state index contributed by atoms with van der Waals surface area (Å²) >= 11 is 0. The number of amides is 2. The van der Waals surface area contributed by atoms with Gasteiger partial charge in [0.25, 0.3) is 5.91 Å². The van der Waals surface area contributed by atoms with E-state index in [0.29, 0.717) is 74.5 Å². The van der Waals surface area contributed by atoms with Crippen molar-refractivity contribution in [3.63, 3.8) is 0 Å². The van der Waals surface area contributed by atoms with Crippen molar-refractivity contribution >= 4 is 39.4 Å². The van der Waals surface area contributed by atoms with Crippen molar-refractivity contribution in [2.24, 2.45) is 0 Å². The predicted molar refractivity (Wildman–Crippen MR) is 122 cm³/mol. The molecule has 2 fully saturated rings. The summed E-state index contributed by atoms with van der Waals surface area (Å²) in [6.45, 7) is 7.51. The van der Waals surface area contributed by atoms with Crippen LogP contribution in [0.25, 0.3) is 10.9 Å².